The van der Waals surface area contributed by atoms with E-state index in [0.717, 1.165) is 10.5 Å². The van der Waals surface area contributed by atoms with Gasteiger partial charge in [-0.05, 0) is 52.3 Å². The molecule has 0 unspecified atom stereocenters. The Kier molecular flexibility index (Phi) is 6.80. The van der Waals surface area contributed by atoms with Gasteiger partial charge in [0.05, 0.1) is 16.3 Å². The Hall–Kier alpha value is -1.46. The number of ether oxygens (including phenoxy) is 1. The van der Waals surface area contributed by atoms with Crippen molar-refractivity contribution in [2.75, 3.05) is 11.9 Å². The number of carbonyl (C=O) groups excluding carboxylic acids is 2. The molecule has 1 amide bonds. The number of amides is 1. The lowest BCUT2D eigenvalue weighted by molar-refractivity contribution is -0.119. The van der Waals surface area contributed by atoms with E-state index in [1.165, 1.54) is 12.1 Å². The average molecular weight is 527 g/mol. The normalized spacial score (nSPS) is 11.1. The number of sulfonamides is 1. The van der Waals surface area contributed by atoms with Crippen LogP contribution in [0, 0.1) is 0 Å². The van der Waals surface area contributed by atoms with Gasteiger partial charge in [0.15, 0.2) is 6.61 Å². The molecule has 2 aromatic rings. The van der Waals surface area contributed by atoms with Gasteiger partial charge in [-0.25, -0.2) is 18.4 Å². The molecular weight excluding hydrogens is 516 g/mol. The third-order valence-corrected chi connectivity index (χ3v) is 5.55. The van der Waals surface area contributed by atoms with Crippen molar-refractivity contribution < 1.29 is 22.7 Å². The van der Waals surface area contributed by atoms with Crippen LogP contribution in [0.15, 0.2) is 50.2 Å². The molecule has 0 bridgehead atoms. The van der Waals surface area contributed by atoms with Crippen LogP contribution in [0.25, 0.3) is 0 Å². The van der Waals surface area contributed by atoms with Crippen molar-refractivity contribution in [2.45, 2.75) is 4.90 Å². The van der Waals surface area contributed by atoms with E-state index in [2.05, 4.69) is 37.2 Å². The van der Waals surface area contributed by atoms with Crippen LogP contribution in [0.3, 0.4) is 0 Å². The predicted molar refractivity (Wildman–Crippen MR) is 104 cm³/mol. The third kappa shape index (κ3) is 5.52. The largest absolute Gasteiger partial charge is 0.452 e. The van der Waals surface area contributed by atoms with Gasteiger partial charge in [-0.3, -0.25) is 4.79 Å². The quantitative estimate of drug-likeness (QED) is 0.580. The molecule has 0 heterocycles. The molecule has 26 heavy (non-hydrogen) atoms. The SMILES string of the molecule is NS(=O)(=O)c1cc(C(=O)OCC(=O)Nc2ccc(Br)cc2Br)ccc1Cl. The summed E-state index contributed by atoms with van der Waals surface area (Å²) in [7, 11) is -4.10. The van der Waals surface area contributed by atoms with Crippen LogP contribution in [0.2, 0.25) is 5.02 Å². The number of benzene rings is 2. The fourth-order valence-electron chi connectivity index (χ4n) is 1.84. The fraction of sp³-hybridized carbons (Fsp3) is 0.0667. The van der Waals surface area contributed by atoms with Crippen LogP contribution in [-0.2, 0) is 19.6 Å². The second-order valence-corrected chi connectivity index (χ2v) is 8.65. The first-order valence-electron chi connectivity index (χ1n) is 6.82. The number of anilines is 1. The van der Waals surface area contributed by atoms with E-state index in [1.54, 1.807) is 18.2 Å². The van der Waals surface area contributed by atoms with E-state index in [4.69, 9.17) is 21.5 Å². The highest BCUT2D eigenvalue weighted by molar-refractivity contribution is 9.11. The summed E-state index contributed by atoms with van der Waals surface area (Å²) in [4.78, 5) is 23.5. The lowest BCUT2D eigenvalue weighted by Crippen LogP contribution is -2.21. The fourth-order valence-corrected chi connectivity index (χ4v) is 4.06. The Morgan fingerprint density at radius 3 is 2.46 bits per heavy atom. The molecule has 2 aromatic carbocycles. The molecule has 0 saturated heterocycles. The molecule has 3 N–H and O–H groups in total. The molecule has 0 aliphatic heterocycles. The molecule has 0 aromatic heterocycles. The number of halogens is 3. The van der Waals surface area contributed by atoms with Gasteiger partial charge in [-0.2, -0.15) is 0 Å². The molecule has 138 valence electrons. The summed E-state index contributed by atoms with van der Waals surface area (Å²) < 4.78 is 29.2. The Morgan fingerprint density at radius 1 is 1.15 bits per heavy atom. The molecule has 7 nitrogen and oxygen atoms in total. The Labute approximate surface area is 171 Å². The highest BCUT2D eigenvalue weighted by atomic mass is 79.9. The standard InChI is InChI=1S/C15H11Br2ClN2O5S/c16-9-2-4-12(10(17)6-9)20-14(21)7-25-15(22)8-1-3-11(18)13(5-8)26(19,23)24/h1-6H,7H2,(H,20,21)(H2,19,23,24). The smallest absolute Gasteiger partial charge is 0.338 e. The molecular formula is C15H11Br2ClN2O5S. The van der Waals surface area contributed by atoms with Crippen molar-refractivity contribution >= 4 is 71.0 Å². The number of hydrogen-bond donors (Lipinski definition) is 2. The number of esters is 1. The zero-order valence-corrected chi connectivity index (χ0v) is 17.6. The molecule has 11 heteroatoms. The summed E-state index contributed by atoms with van der Waals surface area (Å²) in [5.74, 6) is -1.46. The number of nitrogens with two attached hydrogens (primary N) is 1. The molecule has 0 atom stereocenters. The van der Waals surface area contributed by atoms with Crippen LogP contribution < -0.4 is 10.5 Å². The van der Waals surface area contributed by atoms with Crippen molar-refractivity contribution in [1.29, 1.82) is 0 Å². The molecule has 0 aliphatic carbocycles. The Bertz CT molecular complexity index is 982. The highest BCUT2D eigenvalue weighted by Crippen LogP contribution is 2.26. The average Bonchev–Trinajstić information content (AvgIpc) is 2.54. The number of hydrogen-bond acceptors (Lipinski definition) is 5. The molecule has 0 spiro atoms. The highest BCUT2D eigenvalue weighted by Gasteiger charge is 2.18. The minimum Gasteiger partial charge on any atom is -0.452 e. The summed E-state index contributed by atoms with van der Waals surface area (Å²) in [6.45, 7) is -0.561. The van der Waals surface area contributed by atoms with Crippen molar-refractivity contribution in [3.63, 3.8) is 0 Å². The Balaban J connectivity index is 2.03. The van der Waals surface area contributed by atoms with Crippen molar-refractivity contribution in [2.24, 2.45) is 5.14 Å². The van der Waals surface area contributed by atoms with E-state index in [9.17, 15) is 18.0 Å². The van der Waals surface area contributed by atoms with Gasteiger partial charge in [0.25, 0.3) is 5.91 Å². The van der Waals surface area contributed by atoms with E-state index < -0.39 is 33.4 Å². The summed E-state index contributed by atoms with van der Waals surface area (Å²) in [5.41, 5.74) is 0.397. The lowest BCUT2D eigenvalue weighted by atomic mass is 10.2. The van der Waals surface area contributed by atoms with E-state index in [0.29, 0.717) is 10.2 Å². The zero-order chi connectivity index (χ0) is 19.5. The van der Waals surface area contributed by atoms with Gasteiger partial charge in [-0.15, -0.1) is 0 Å². The molecule has 0 saturated carbocycles. The van der Waals surface area contributed by atoms with Crippen LogP contribution in [0.5, 0.6) is 0 Å². The lowest BCUT2D eigenvalue weighted by Gasteiger charge is -2.09. The van der Waals surface area contributed by atoms with Gasteiger partial charge in [0, 0.05) is 8.95 Å². The van der Waals surface area contributed by atoms with Crippen LogP contribution in [0.4, 0.5) is 5.69 Å². The molecule has 0 aliphatic rings. The first kappa shape index (κ1) is 20.8. The van der Waals surface area contributed by atoms with Crippen LogP contribution >= 0.6 is 43.5 Å². The summed E-state index contributed by atoms with van der Waals surface area (Å²) in [6.07, 6.45) is 0. The minimum absolute atomic E-state index is 0.101. The monoisotopic (exact) mass is 524 g/mol. The maximum Gasteiger partial charge on any atom is 0.338 e. The predicted octanol–water partition coefficient (Wildman–Crippen LogP) is 3.31. The number of carbonyl (C=O) groups is 2. The topological polar surface area (TPSA) is 116 Å². The second-order valence-electron chi connectivity index (χ2n) is 4.94. The Morgan fingerprint density at radius 2 is 1.85 bits per heavy atom. The molecule has 0 fully saturated rings. The summed E-state index contributed by atoms with van der Waals surface area (Å²) in [5, 5.41) is 7.47. The summed E-state index contributed by atoms with van der Waals surface area (Å²) in [6, 6.07) is 8.59. The first-order valence-corrected chi connectivity index (χ1v) is 10.3. The summed E-state index contributed by atoms with van der Waals surface area (Å²) >= 11 is 12.3. The maximum absolute atomic E-state index is 12.0. The van der Waals surface area contributed by atoms with Gasteiger partial charge >= 0.3 is 5.97 Å². The third-order valence-electron chi connectivity index (χ3n) is 3.01. The van der Waals surface area contributed by atoms with E-state index in [-0.39, 0.29) is 10.6 Å². The molecule has 2 rings (SSSR count). The zero-order valence-electron chi connectivity index (χ0n) is 12.8. The number of rotatable bonds is 5. The van der Waals surface area contributed by atoms with Gasteiger partial charge in [0.1, 0.15) is 4.90 Å². The van der Waals surface area contributed by atoms with Gasteiger partial charge < -0.3 is 10.1 Å². The van der Waals surface area contributed by atoms with Gasteiger partial charge in [0.2, 0.25) is 10.0 Å². The molecule has 0 radical (unpaired) electrons. The van der Waals surface area contributed by atoms with Crippen molar-refractivity contribution in [3.05, 3.63) is 55.9 Å². The van der Waals surface area contributed by atoms with Crippen molar-refractivity contribution in [1.82, 2.24) is 0 Å². The maximum atomic E-state index is 12.0. The number of nitrogens with one attached hydrogen (secondary N) is 1. The van der Waals surface area contributed by atoms with E-state index >= 15 is 0 Å². The number of primary sulfonamides is 1. The minimum atomic E-state index is -4.10. The van der Waals surface area contributed by atoms with Gasteiger partial charge in [-0.1, -0.05) is 27.5 Å². The van der Waals surface area contributed by atoms with Crippen molar-refractivity contribution in [3.8, 4) is 0 Å². The van der Waals surface area contributed by atoms with E-state index in [1.807, 2.05) is 0 Å². The second kappa shape index (κ2) is 8.49. The first-order chi connectivity index (χ1) is 12.1. The van der Waals surface area contributed by atoms with Crippen LogP contribution in [-0.4, -0.2) is 26.9 Å². The van der Waals surface area contributed by atoms with Crippen LogP contribution in [0.1, 0.15) is 10.4 Å².